The van der Waals surface area contributed by atoms with E-state index in [1.807, 2.05) is 6.07 Å². The highest BCUT2D eigenvalue weighted by Gasteiger charge is 2.36. The van der Waals surface area contributed by atoms with Crippen molar-refractivity contribution in [1.29, 1.82) is 0 Å². The Morgan fingerprint density at radius 1 is 1.05 bits per heavy atom. The quantitative estimate of drug-likeness (QED) is 0.298. The molecule has 1 aromatic carbocycles. The van der Waals surface area contributed by atoms with Gasteiger partial charge in [-0.05, 0) is 63.3 Å². The summed E-state index contributed by atoms with van der Waals surface area (Å²) in [4.78, 5) is 42.5. The van der Waals surface area contributed by atoms with Crippen LogP contribution in [0.1, 0.15) is 55.7 Å². The lowest BCUT2D eigenvalue weighted by Crippen LogP contribution is -2.36. The van der Waals surface area contributed by atoms with Crippen LogP contribution in [0.4, 0.5) is 16.2 Å². The predicted octanol–water partition coefficient (Wildman–Crippen LogP) is 6.61. The first kappa shape index (κ1) is 27.5. The maximum atomic E-state index is 12.9. The first-order valence-corrected chi connectivity index (χ1v) is 13.5. The Labute approximate surface area is 229 Å². The van der Waals surface area contributed by atoms with Crippen molar-refractivity contribution < 1.29 is 24.2 Å². The second-order valence-electron chi connectivity index (χ2n) is 9.32. The average molecular weight is 557 g/mol. The van der Waals surface area contributed by atoms with Crippen LogP contribution in [0.2, 0.25) is 5.02 Å². The van der Waals surface area contributed by atoms with E-state index in [-0.39, 0.29) is 5.91 Å². The van der Waals surface area contributed by atoms with Crippen molar-refractivity contribution in [2.45, 2.75) is 52.6 Å². The van der Waals surface area contributed by atoms with Crippen LogP contribution in [0.5, 0.6) is 0 Å². The third-order valence-corrected chi connectivity index (χ3v) is 8.02. The number of pyridine rings is 1. The molecule has 0 spiro atoms. The third kappa shape index (κ3) is 6.14. The number of aromatic nitrogens is 2. The number of aliphatic carboxylic acids is 1. The Bertz CT molecular complexity index is 1360. The molecule has 11 heteroatoms. The maximum absolute atomic E-state index is 12.9. The second-order valence-corrected chi connectivity index (χ2v) is 10.5. The Morgan fingerprint density at radius 3 is 2.45 bits per heavy atom. The summed E-state index contributed by atoms with van der Waals surface area (Å²) >= 11 is 7.41. The molecule has 2 amide bonds. The summed E-state index contributed by atoms with van der Waals surface area (Å²) in [5, 5.41) is 15.7. The minimum atomic E-state index is -0.935. The van der Waals surface area contributed by atoms with E-state index in [1.54, 1.807) is 51.1 Å². The lowest BCUT2D eigenvalue weighted by molar-refractivity contribution is -0.147. The van der Waals surface area contributed by atoms with Crippen molar-refractivity contribution in [1.82, 2.24) is 9.36 Å². The highest BCUT2D eigenvalue weighted by atomic mass is 35.5. The molecule has 0 radical (unpaired) electrons. The van der Waals surface area contributed by atoms with Crippen molar-refractivity contribution >= 4 is 52.5 Å². The first-order chi connectivity index (χ1) is 18.2. The maximum Gasteiger partial charge on any atom is 0.412 e. The van der Waals surface area contributed by atoms with Crippen LogP contribution >= 0.6 is 23.1 Å². The number of halogens is 1. The molecule has 0 aliphatic heterocycles. The number of carbonyl (C=O) groups excluding carboxylic acids is 2. The van der Waals surface area contributed by atoms with Gasteiger partial charge in [0.15, 0.2) is 0 Å². The van der Waals surface area contributed by atoms with Crippen molar-refractivity contribution in [2.75, 3.05) is 10.6 Å². The lowest BCUT2D eigenvalue weighted by atomic mass is 9.78. The largest absolute Gasteiger partial charge is 0.481 e. The van der Waals surface area contributed by atoms with Gasteiger partial charge >= 0.3 is 12.1 Å². The van der Waals surface area contributed by atoms with Gasteiger partial charge in [-0.3, -0.25) is 14.9 Å². The SMILES string of the molecule is Cc1nc(-c2snc(C)c2NC(=O)OC(C)c2ccccc2Cl)ccc1NC(=O)[C@H]1CCCC[C@@H]1C(=O)O. The molecule has 1 aliphatic carbocycles. The highest BCUT2D eigenvalue weighted by Crippen LogP contribution is 2.36. The van der Waals surface area contributed by atoms with E-state index in [0.717, 1.165) is 12.8 Å². The number of anilines is 2. The van der Waals surface area contributed by atoms with Crippen molar-refractivity contribution in [2.24, 2.45) is 11.8 Å². The fourth-order valence-electron chi connectivity index (χ4n) is 4.64. The summed E-state index contributed by atoms with van der Waals surface area (Å²) in [6.07, 6.45) is 1.48. The van der Waals surface area contributed by atoms with E-state index < -0.39 is 30.0 Å². The summed E-state index contributed by atoms with van der Waals surface area (Å²) in [5.74, 6) is -2.48. The molecule has 38 heavy (non-hydrogen) atoms. The summed E-state index contributed by atoms with van der Waals surface area (Å²) in [6.45, 7) is 5.27. The first-order valence-electron chi connectivity index (χ1n) is 12.4. The predicted molar refractivity (Wildman–Crippen MR) is 147 cm³/mol. The number of aryl methyl sites for hydroxylation is 2. The van der Waals surface area contributed by atoms with Gasteiger partial charge in [0, 0.05) is 10.6 Å². The number of carbonyl (C=O) groups is 3. The third-order valence-electron chi connectivity index (χ3n) is 6.71. The minimum absolute atomic E-state index is 0.305. The lowest BCUT2D eigenvalue weighted by Gasteiger charge is -2.27. The Hall–Kier alpha value is -3.50. The Balaban J connectivity index is 1.47. The molecule has 3 aromatic rings. The molecule has 3 atom stereocenters. The zero-order chi connectivity index (χ0) is 27.4. The van der Waals surface area contributed by atoms with Gasteiger partial charge in [0.25, 0.3) is 0 Å². The molecule has 4 rings (SSSR count). The smallest absolute Gasteiger partial charge is 0.412 e. The number of rotatable bonds is 7. The molecular formula is C27H29ClN4O5S. The standard InChI is InChI=1S/C27H29ClN4O5S/c1-14-21(30-25(33)18-9-4-5-10-19(18)26(34)35)12-13-22(29-14)24-23(15(2)32-38-24)31-27(36)37-16(3)17-8-6-7-11-20(17)28/h6-8,11-13,16,18-19H,4-5,9-10H2,1-3H3,(H,30,33)(H,31,36)(H,34,35)/t16?,18-,19-/m0/s1. The number of ether oxygens (including phenoxy) is 1. The zero-order valence-corrected chi connectivity index (χ0v) is 22.9. The molecule has 1 fully saturated rings. The van der Waals surface area contributed by atoms with Crippen LogP contribution in [-0.2, 0) is 14.3 Å². The molecule has 1 saturated carbocycles. The molecule has 200 valence electrons. The molecule has 1 unspecified atom stereocenters. The van der Waals surface area contributed by atoms with Gasteiger partial charge in [-0.1, -0.05) is 42.6 Å². The van der Waals surface area contributed by atoms with Crippen molar-refractivity contribution in [3.63, 3.8) is 0 Å². The van der Waals surface area contributed by atoms with Crippen LogP contribution in [0, 0.1) is 25.7 Å². The van der Waals surface area contributed by atoms with Gasteiger partial charge in [-0.25, -0.2) is 9.78 Å². The van der Waals surface area contributed by atoms with Crippen LogP contribution < -0.4 is 10.6 Å². The summed E-state index contributed by atoms with van der Waals surface area (Å²) < 4.78 is 9.91. The van der Waals surface area contributed by atoms with E-state index >= 15 is 0 Å². The van der Waals surface area contributed by atoms with E-state index in [9.17, 15) is 19.5 Å². The van der Waals surface area contributed by atoms with E-state index in [0.29, 0.717) is 56.8 Å². The molecule has 0 bridgehead atoms. The van der Waals surface area contributed by atoms with Gasteiger partial charge in [0.05, 0.1) is 45.2 Å². The zero-order valence-electron chi connectivity index (χ0n) is 21.3. The fourth-order valence-corrected chi connectivity index (χ4v) is 5.74. The monoisotopic (exact) mass is 556 g/mol. The minimum Gasteiger partial charge on any atom is -0.481 e. The van der Waals surface area contributed by atoms with E-state index in [4.69, 9.17) is 16.3 Å². The number of nitrogens with zero attached hydrogens (tertiary/aromatic N) is 2. The number of carboxylic acids is 1. The van der Waals surface area contributed by atoms with Gasteiger partial charge < -0.3 is 15.2 Å². The van der Waals surface area contributed by atoms with Crippen LogP contribution in [0.15, 0.2) is 36.4 Å². The van der Waals surface area contributed by atoms with Crippen LogP contribution in [0.3, 0.4) is 0 Å². The Morgan fingerprint density at radius 2 is 1.76 bits per heavy atom. The number of nitrogens with one attached hydrogen (secondary N) is 2. The number of carboxylic acid groups (broad SMARTS) is 1. The highest BCUT2D eigenvalue weighted by molar-refractivity contribution is 7.10. The molecule has 1 aliphatic rings. The molecule has 0 saturated heterocycles. The van der Waals surface area contributed by atoms with Gasteiger partial charge in [-0.2, -0.15) is 4.37 Å². The number of amides is 2. The molecular weight excluding hydrogens is 528 g/mol. The van der Waals surface area contributed by atoms with Gasteiger partial charge in [0.2, 0.25) is 5.91 Å². The number of benzene rings is 1. The molecule has 2 heterocycles. The van der Waals surface area contributed by atoms with E-state index in [2.05, 4.69) is 20.0 Å². The molecule has 2 aromatic heterocycles. The van der Waals surface area contributed by atoms with Crippen molar-refractivity contribution in [3.05, 3.63) is 58.4 Å². The average Bonchev–Trinajstić information content (AvgIpc) is 3.24. The Kier molecular flexibility index (Phi) is 8.63. The van der Waals surface area contributed by atoms with Gasteiger partial charge in [0.1, 0.15) is 6.10 Å². The second kappa shape index (κ2) is 11.9. The molecule has 9 nitrogen and oxygen atoms in total. The van der Waals surface area contributed by atoms with Crippen molar-refractivity contribution in [3.8, 4) is 10.6 Å². The number of hydrogen-bond acceptors (Lipinski definition) is 7. The van der Waals surface area contributed by atoms with Gasteiger partial charge in [-0.15, -0.1) is 0 Å². The van der Waals surface area contributed by atoms with Crippen LogP contribution in [0.25, 0.3) is 10.6 Å². The molecule has 3 N–H and O–H groups in total. The fraction of sp³-hybridized carbons (Fsp3) is 0.370. The summed E-state index contributed by atoms with van der Waals surface area (Å²) in [7, 11) is 0. The summed E-state index contributed by atoms with van der Waals surface area (Å²) in [6, 6.07) is 10.6. The number of hydrogen-bond donors (Lipinski definition) is 3. The van der Waals surface area contributed by atoms with Crippen LogP contribution in [-0.4, -0.2) is 32.4 Å². The normalized spacial score (nSPS) is 17.9. The summed E-state index contributed by atoms with van der Waals surface area (Å²) in [5.41, 5.74) is 3.44. The topological polar surface area (TPSA) is 131 Å². The van der Waals surface area contributed by atoms with E-state index in [1.165, 1.54) is 11.5 Å².